The summed E-state index contributed by atoms with van der Waals surface area (Å²) >= 11 is 0. The van der Waals surface area contributed by atoms with Gasteiger partial charge in [0.1, 0.15) is 5.69 Å². The van der Waals surface area contributed by atoms with Crippen LogP contribution in [0.5, 0.6) is 0 Å². The molecule has 102 valence electrons. The SMILES string of the molecule is Cc1cccc(C(=O)C2CC3COCC(C2)N3C)n1. The van der Waals surface area contributed by atoms with Crippen LogP contribution in [0.3, 0.4) is 0 Å². The predicted octanol–water partition coefficient (Wildman–Crippen LogP) is 1.68. The lowest BCUT2D eigenvalue weighted by Gasteiger charge is -2.46. The van der Waals surface area contributed by atoms with Crippen LogP contribution in [0.15, 0.2) is 18.2 Å². The molecule has 1 aromatic rings. The molecule has 0 aliphatic carbocycles. The first kappa shape index (κ1) is 12.8. The van der Waals surface area contributed by atoms with E-state index >= 15 is 0 Å². The minimum atomic E-state index is 0.101. The molecule has 4 heteroatoms. The highest BCUT2D eigenvalue weighted by molar-refractivity contribution is 5.96. The van der Waals surface area contributed by atoms with Crippen LogP contribution in [0, 0.1) is 12.8 Å². The number of rotatable bonds is 2. The van der Waals surface area contributed by atoms with Crippen molar-refractivity contribution in [3.8, 4) is 0 Å². The number of likely N-dealkylation sites (N-methyl/N-ethyl adjacent to an activating group) is 1. The minimum absolute atomic E-state index is 0.101. The Balaban J connectivity index is 1.78. The summed E-state index contributed by atoms with van der Waals surface area (Å²) in [6.07, 6.45) is 1.78. The maximum atomic E-state index is 12.6. The van der Waals surface area contributed by atoms with E-state index in [0.29, 0.717) is 17.8 Å². The Bertz CT molecular complexity index is 475. The Morgan fingerprint density at radius 2 is 2.00 bits per heavy atom. The van der Waals surface area contributed by atoms with Crippen molar-refractivity contribution in [3.05, 3.63) is 29.6 Å². The van der Waals surface area contributed by atoms with E-state index < -0.39 is 0 Å². The first-order chi connectivity index (χ1) is 9.15. The van der Waals surface area contributed by atoms with Crippen LogP contribution in [-0.4, -0.2) is 48.0 Å². The lowest BCUT2D eigenvalue weighted by Crippen LogP contribution is -2.55. The van der Waals surface area contributed by atoms with Crippen molar-refractivity contribution in [2.75, 3.05) is 20.3 Å². The maximum Gasteiger partial charge on any atom is 0.184 e. The fraction of sp³-hybridized carbons (Fsp3) is 0.600. The van der Waals surface area contributed by atoms with Crippen LogP contribution >= 0.6 is 0 Å². The van der Waals surface area contributed by atoms with Gasteiger partial charge in [0, 0.05) is 23.7 Å². The largest absolute Gasteiger partial charge is 0.378 e. The van der Waals surface area contributed by atoms with Crippen LogP contribution in [0.2, 0.25) is 0 Å². The molecule has 0 N–H and O–H groups in total. The number of morpholine rings is 1. The standard InChI is InChI=1S/C15H20N2O2/c1-10-4-3-5-14(16-10)15(18)11-6-12-8-19-9-13(7-11)17(12)2/h3-5,11-13H,6-9H2,1-2H3. The number of Topliss-reactive ketones (excluding diaryl/α,β-unsaturated/α-hetero) is 1. The lowest BCUT2D eigenvalue weighted by molar-refractivity contribution is -0.0703. The van der Waals surface area contributed by atoms with E-state index in [4.69, 9.17) is 4.74 Å². The van der Waals surface area contributed by atoms with Gasteiger partial charge < -0.3 is 4.74 Å². The zero-order valence-electron chi connectivity index (χ0n) is 11.5. The van der Waals surface area contributed by atoms with Gasteiger partial charge in [-0.2, -0.15) is 0 Å². The summed E-state index contributed by atoms with van der Waals surface area (Å²) in [6.45, 7) is 3.42. The fourth-order valence-corrected chi connectivity index (χ4v) is 3.20. The molecule has 2 fully saturated rings. The van der Waals surface area contributed by atoms with Gasteiger partial charge in [0.2, 0.25) is 0 Å². The third-order valence-electron chi connectivity index (χ3n) is 4.40. The number of ether oxygens (including phenoxy) is 1. The Kier molecular flexibility index (Phi) is 3.37. The van der Waals surface area contributed by atoms with Crippen LogP contribution < -0.4 is 0 Å². The maximum absolute atomic E-state index is 12.6. The number of fused-ring (bicyclic) bond motifs is 2. The zero-order valence-corrected chi connectivity index (χ0v) is 11.5. The monoisotopic (exact) mass is 260 g/mol. The molecule has 2 aliphatic heterocycles. The Hall–Kier alpha value is -1.26. The van der Waals surface area contributed by atoms with Crippen molar-refractivity contribution in [3.63, 3.8) is 0 Å². The number of hydrogen-bond acceptors (Lipinski definition) is 4. The van der Waals surface area contributed by atoms with Gasteiger partial charge in [0.15, 0.2) is 5.78 Å². The highest BCUT2D eigenvalue weighted by atomic mass is 16.5. The molecule has 3 heterocycles. The molecule has 0 radical (unpaired) electrons. The molecule has 2 aliphatic rings. The third kappa shape index (κ3) is 2.42. The van der Waals surface area contributed by atoms with Gasteiger partial charge in [-0.25, -0.2) is 0 Å². The number of aryl methyl sites for hydroxylation is 1. The topological polar surface area (TPSA) is 42.4 Å². The number of carbonyl (C=O) groups is 1. The molecule has 4 nitrogen and oxygen atoms in total. The van der Waals surface area contributed by atoms with Crippen molar-refractivity contribution in [1.82, 2.24) is 9.88 Å². The molecule has 3 rings (SSSR count). The summed E-state index contributed by atoms with van der Waals surface area (Å²) < 4.78 is 5.59. The van der Waals surface area contributed by atoms with Gasteiger partial charge in [0.05, 0.1) is 13.2 Å². The molecule has 2 atom stereocenters. The van der Waals surface area contributed by atoms with E-state index in [-0.39, 0.29) is 11.7 Å². The highest BCUT2D eigenvalue weighted by Gasteiger charge is 2.39. The smallest absolute Gasteiger partial charge is 0.184 e. The number of hydrogen-bond donors (Lipinski definition) is 0. The first-order valence-corrected chi connectivity index (χ1v) is 6.92. The van der Waals surface area contributed by atoms with Crippen LogP contribution in [0.25, 0.3) is 0 Å². The van der Waals surface area contributed by atoms with Gasteiger partial charge in [-0.1, -0.05) is 6.07 Å². The molecule has 0 spiro atoms. The van der Waals surface area contributed by atoms with E-state index in [1.54, 1.807) is 0 Å². The van der Waals surface area contributed by atoms with E-state index in [2.05, 4.69) is 16.9 Å². The quantitative estimate of drug-likeness (QED) is 0.759. The second kappa shape index (κ2) is 5.02. The Morgan fingerprint density at radius 1 is 1.32 bits per heavy atom. The summed E-state index contributed by atoms with van der Waals surface area (Å²) in [6, 6.07) is 6.43. The average Bonchev–Trinajstić information content (AvgIpc) is 2.37. The number of carbonyl (C=O) groups excluding carboxylic acids is 1. The van der Waals surface area contributed by atoms with Gasteiger partial charge in [-0.05, 0) is 38.9 Å². The molecule has 0 aromatic carbocycles. The van der Waals surface area contributed by atoms with Crippen LogP contribution in [0.1, 0.15) is 29.0 Å². The molecular formula is C15H20N2O2. The second-order valence-corrected chi connectivity index (χ2v) is 5.71. The van der Waals surface area contributed by atoms with E-state index in [0.717, 1.165) is 31.7 Å². The normalized spacial score (nSPS) is 31.2. The lowest BCUT2D eigenvalue weighted by atomic mass is 9.82. The first-order valence-electron chi connectivity index (χ1n) is 6.92. The van der Waals surface area contributed by atoms with Crippen molar-refractivity contribution < 1.29 is 9.53 Å². The van der Waals surface area contributed by atoms with Gasteiger partial charge in [0.25, 0.3) is 0 Å². The van der Waals surface area contributed by atoms with E-state index in [1.807, 2.05) is 25.1 Å². The number of pyridine rings is 1. The van der Waals surface area contributed by atoms with E-state index in [1.165, 1.54) is 0 Å². The average molecular weight is 260 g/mol. The summed E-state index contributed by atoms with van der Waals surface area (Å²) in [5, 5.41) is 0. The zero-order chi connectivity index (χ0) is 13.4. The third-order valence-corrected chi connectivity index (χ3v) is 4.40. The number of aromatic nitrogens is 1. The molecular weight excluding hydrogens is 240 g/mol. The predicted molar refractivity (Wildman–Crippen MR) is 72.2 cm³/mol. The molecule has 0 saturated carbocycles. The van der Waals surface area contributed by atoms with Gasteiger partial charge in [-0.3, -0.25) is 14.7 Å². The number of ketones is 1. The highest BCUT2D eigenvalue weighted by Crippen LogP contribution is 2.32. The number of piperidine rings is 1. The van der Waals surface area contributed by atoms with Crippen LogP contribution in [-0.2, 0) is 4.74 Å². The number of nitrogens with zero attached hydrogens (tertiary/aromatic N) is 2. The van der Waals surface area contributed by atoms with Gasteiger partial charge in [-0.15, -0.1) is 0 Å². The van der Waals surface area contributed by atoms with Crippen molar-refractivity contribution in [1.29, 1.82) is 0 Å². The summed E-state index contributed by atoms with van der Waals surface area (Å²) in [7, 11) is 2.14. The fourth-order valence-electron chi connectivity index (χ4n) is 3.20. The Labute approximate surface area is 113 Å². The molecule has 1 aromatic heterocycles. The second-order valence-electron chi connectivity index (χ2n) is 5.71. The summed E-state index contributed by atoms with van der Waals surface area (Å²) in [5.41, 5.74) is 1.52. The van der Waals surface area contributed by atoms with E-state index in [9.17, 15) is 4.79 Å². The summed E-state index contributed by atoms with van der Waals surface area (Å²) in [5.74, 6) is 0.304. The molecule has 0 amide bonds. The summed E-state index contributed by atoms with van der Waals surface area (Å²) in [4.78, 5) is 19.3. The van der Waals surface area contributed by atoms with Gasteiger partial charge >= 0.3 is 0 Å². The Morgan fingerprint density at radius 3 is 2.63 bits per heavy atom. The molecule has 2 saturated heterocycles. The van der Waals surface area contributed by atoms with Crippen LogP contribution in [0.4, 0.5) is 0 Å². The minimum Gasteiger partial charge on any atom is -0.378 e. The van der Waals surface area contributed by atoms with Crippen molar-refractivity contribution in [2.24, 2.45) is 5.92 Å². The molecule has 19 heavy (non-hydrogen) atoms. The molecule has 2 bridgehead atoms. The van der Waals surface area contributed by atoms with Crippen molar-refractivity contribution in [2.45, 2.75) is 31.8 Å². The molecule has 2 unspecified atom stereocenters. The van der Waals surface area contributed by atoms with Crippen molar-refractivity contribution >= 4 is 5.78 Å².